The van der Waals surface area contributed by atoms with Crippen LogP contribution in [0.1, 0.15) is 5.56 Å². The highest BCUT2D eigenvalue weighted by Crippen LogP contribution is 2.30. The second-order valence-corrected chi connectivity index (χ2v) is 5.28. The van der Waals surface area contributed by atoms with Gasteiger partial charge in [0.15, 0.2) is 11.5 Å². The molecule has 0 spiro atoms. The van der Waals surface area contributed by atoms with Crippen molar-refractivity contribution >= 4 is 5.91 Å². The highest BCUT2D eigenvalue weighted by atomic mass is 16.6. The van der Waals surface area contributed by atoms with Crippen LogP contribution >= 0.6 is 0 Å². The molecule has 1 unspecified atom stereocenters. The summed E-state index contributed by atoms with van der Waals surface area (Å²) in [6, 6.07) is 17.3. The van der Waals surface area contributed by atoms with Gasteiger partial charge in [-0.1, -0.05) is 42.5 Å². The molecule has 120 valence electrons. The number of para-hydroxylation sites is 2. The number of amides is 1. The Bertz CT molecular complexity index is 644. The Morgan fingerprint density at radius 1 is 1.09 bits per heavy atom. The summed E-state index contributed by atoms with van der Waals surface area (Å²) in [6.07, 6.45) is -0.192. The normalized spacial score (nSPS) is 15.9. The fraction of sp³-hybridized carbons (Fsp3) is 0.278. The molecule has 5 heteroatoms. The van der Waals surface area contributed by atoms with Crippen molar-refractivity contribution in [3.63, 3.8) is 0 Å². The van der Waals surface area contributed by atoms with Crippen molar-refractivity contribution < 1.29 is 19.0 Å². The first kappa shape index (κ1) is 15.4. The van der Waals surface area contributed by atoms with Crippen LogP contribution in [0.4, 0.5) is 0 Å². The van der Waals surface area contributed by atoms with Gasteiger partial charge in [-0.2, -0.15) is 0 Å². The van der Waals surface area contributed by atoms with Crippen LogP contribution in [-0.2, 0) is 16.1 Å². The van der Waals surface area contributed by atoms with Crippen LogP contribution in [0.5, 0.6) is 11.5 Å². The Labute approximate surface area is 135 Å². The van der Waals surface area contributed by atoms with E-state index in [2.05, 4.69) is 5.32 Å². The van der Waals surface area contributed by atoms with Gasteiger partial charge in [-0.3, -0.25) is 4.79 Å². The van der Waals surface area contributed by atoms with E-state index >= 15 is 0 Å². The minimum atomic E-state index is -0.192. The molecule has 2 aromatic rings. The number of fused-ring (bicyclic) bond motifs is 1. The summed E-state index contributed by atoms with van der Waals surface area (Å²) in [4.78, 5) is 11.8. The van der Waals surface area contributed by atoms with E-state index in [1.807, 2.05) is 54.6 Å². The zero-order valence-corrected chi connectivity index (χ0v) is 12.7. The van der Waals surface area contributed by atoms with Crippen molar-refractivity contribution in [2.24, 2.45) is 0 Å². The highest BCUT2D eigenvalue weighted by molar-refractivity contribution is 5.77. The fourth-order valence-electron chi connectivity index (χ4n) is 2.28. The molecule has 1 atom stereocenters. The van der Waals surface area contributed by atoms with Crippen LogP contribution in [0.25, 0.3) is 0 Å². The molecule has 1 aliphatic heterocycles. The zero-order valence-electron chi connectivity index (χ0n) is 12.7. The molecule has 0 fully saturated rings. The van der Waals surface area contributed by atoms with Crippen molar-refractivity contribution in [2.45, 2.75) is 12.7 Å². The first-order chi connectivity index (χ1) is 11.3. The largest absolute Gasteiger partial charge is 0.486 e. The molecular weight excluding hydrogens is 294 g/mol. The molecule has 3 rings (SSSR count). The molecule has 2 aromatic carbocycles. The van der Waals surface area contributed by atoms with Gasteiger partial charge in [0.1, 0.15) is 19.3 Å². The maximum atomic E-state index is 11.8. The second-order valence-electron chi connectivity index (χ2n) is 5.28. The van der Waals surface area contributed by atoms with Gasteiger partial charge in [0.05, 0.1) is 13.2 Å². The first-order valence-electron chi connectivity index (χ1n) is 7.58. The lowest BCUT2D eigenvalue weighted by Crippen LogP contribution is -2.41. The monoisotopic (exact) mass is 313 g/mol. The lowest BCUT2D eigenvalue weighted by Gasteiger charge is -2.26. The van der Waals surface area contributed by atoms with E-state index in [4.69, 9.17) is 14.2 Å². The Kier molecular flexibility index (Phi) is 5.11. The summed E-state index contributed by atoms with van der Waals surface area (Å²) < 4.78 is 16.8. The molecular formula is C18H19NO4. The third-order valence-corrected chi connectivity index (χ3v) is 3.44. The van der Waals surface area contributed by atoms with Gasteiger partial charge in [-0.25, -0.2) is 0 Å². The van der Waals surface area contributed by atoms with E-state index in [0.717, 1.165) is 11.3 Å². The van der Waals surface area contributed by atoms with Crippen molar-refractivity contribution in [1.82, 2.24) is 5.32 Å². The number of hydrogen-bond acceptors (Lipinski definition) is 4. The third kappa shape index (κ3) is 4.47. The van der Waals surface area contributed by atoms with Crippen LogP contribution in [0.3, 0.4) is 0 Å². The quantitative estimate of drug-likeness (QED) is 0.888. The molecule has 23 heavy (non-hydrogen) atoms. The summed E-state index contributed by atoms with van der Waals surface area (Å²) in [7, 11) is 0. The van der Waals surface area contributed by atoms with Crippen molar-refractivity contribution in [1.29, 1.82) is 0 Å². The van der Waals surface area contributed by atoms with E-state index in [1.165, 1.54) is 0 Å². The van der Waals surface area contributed by atoms with Crippen molar-refractivity contribution in [2.75, 3.05) is 19.8 Å². The molecule has 0 saturated carbocycles. The number of hydrogen-bond donors (Lipinski definition) is 1. The topological polar surface area (TPSA) is 56.8 Å². The summed E-state index contributed by atoms with van der Waals surface area (Å²) >= 11 is 0. The van der Waals surface area contributed by atoms with Gasteiger partial charge in [-0.15, -0.1) is 0 Å². The molecule has 5 nitrogen and oxygen atoms in total. The predicted octanol–water partition coefficient (Wildman–Crippen LogP) is 2.16. The van der Waals surface area contributed by atoms with Crippen LogP contribution in [-0.4, -0.2) is 31.8 Å². The Hall–Kier alpha value is -2.53. The smallest absolute Gasteiger partial charge is 0.246 e. The minimum Gasteiger partial charge on any atom is -0.486 e. The fourth-order valence-corrected chi connectivity index (χ4v) is 2.28. The number of benzene rings is 2. The zero-order chi connectivity index (χ0) is 15.9. The van der Waals surface area contributed by atoms with Crippen LogP contribution in [0.15, 0.2) is 54.6 Å². The van der Waals surface area contributed by atoms with Gasteiger partial charge in [0.2, 0.25) is 5.91 Å². The summed E-state index contributed by atoms with van der Waals surface area (Å²) in [6.45, 7) is 1.26. The average molecular weight is 313 g/mol. The number of nitrogens with one attached hydrogen (secondary N) is 1. The van der Waals surface area contributed by atoms with E-state index in [-0.39, 0.29) is 18.6 Å². The van der Waals surface area contributed by atoms with Gasteiger partial charge in [-0.05, 0) is 17.7 Å². The SMILES string of the molecule is O=C(COCc1ccccc1)NCC1COc2ccccc2O1. The molecule has 0 radical (unpaired) electrons. The number of carbonyl (C=O) groups excluding carboxylic acids is 1. The molecule has 0 aromatic heterocycles. The highest BCUT2D eigenvalue weighted by Gasteiger charge is 2.20. The molecule has 1 amide bonds. The van der Waals surface area contributed by atoms with E-state index in [9.17, 15) is 4.79 Å². The molecule has 1 aliphatic rings. The maximum absolute atomic E-state index is 11.8. The number of ether oxygens (including phenoxy) is 3. The lowest BCUT2D eigenvalue weighted by atomic mass is 10.2. The van der Waals surface area contributed by atoms with Crippen molar-refractivity contribution in [3.05, 3.63) is 60.2 Å². The Morgan fingerprint density at radius 3 is 2.65 bits per heavy atom. The lowest BCUT2D eigenvalue weighted by molar-refractivity contribution is -0.126. The summed E-state index contributed by atoms with van der Waals surface area (Å²) in [5, 5.41) is 2.80. The molecule has 0 aliphatic carbocycles. The molecule has 0 bridgehead atoms. The van der Waals surface area contributed by atoms with Gasteiger partial charge < -0.3 is 19.5 Å². The standard InChI is InChI=1S/C18H19NO4/c20-18(13-21-11-14-6-2-1-3-7-14)19-10-15-12-22-16-8-4-5-9-17(16)23-15/h1-9,15H,10-13H2,(H,19,20). The van der Waals surface area contributed by atoms with E-state index < -0.39 is 0 Å². The van der Waals surface area contributed by atoms with Gasteiger partial charge >= 0.3 is 0 Å². The van der Waals surface area contributed by atoms with Crippen LogP contribution < -0.4 is 14.8 Å². The minimum absolute atomic E-state index is 0.0268. The molecule has 1 heterocycles. The van der Waals surface area contributed by atoms with Crippen LogP contribution in [0, 0.1) is 0 Å². The van der Waals surface area contributed by atoms with Crippen LogP contribution in [0.2, 0.25) is 0 Å². The van der Waals surface area contributed by atoms with Gasteiger partial charge in [0.25, 0.3) is 0 Å². The Balaban J connectivity index is 1.37. The maximum Gasteiger partial charge on any atom is 0.246 e. The number of carbonyl (C=O) groups is 1. The summed E-state index contributed by atoms with van der Waals surface area (Å²) in [5.41, 5.74) is 1.04. The Morgan fingerprint density at radius 2 is 1.83 bits per heavy atom. The van der Waals surface area contributed by atoms with Gasteiger partial charge in [0, 0.05) is 0 Å². The first-order valence-corrected chi connectivity index (χ1v) is 7.58. The summed E-state index contributed by atoms with van der Waals surface area (Å²) in [5.74, 6) is 1.28. The molecule has 0 saturated heterocycles. The molecule has 1 N–H and O–H groups in total. The second kappa shape index (κ2) is 7.65. The number of rotatable bonds is 6. The average Bonchev–Trinajstić information content (AvgIpc) is 2.61. The van der Waals surface area contributed by atoms with E-state index in [0.29, 0.717) is 25.5 Å². The predicted molar refractivity (Wildman–Crippen MR) is 85.5 cm³/mol. The van der Waals surface area contributed by atoms with Crippen molar-refractivity contribution in [3.8, 4) is 11.5 Å². The third-order valence-electron chi connectivity index (χ3n) is 3.44. The van der Waals surface area contributed by atoms with E-state index in [1.54, 1.807) is 0 Å².